The lowest BCUT2D eigenvalue weighted by Gasteiger charge is -2.37. The molecule has 4 rings (SSSR count). The van der Waals surface area contributed by atoms with Gasteiger partial charge in [-0.1, -0.05) is 43.4 Å². The van der Waals surface area contributed by atoms with Gasteiger partial charge < -0.3 is 14.6 Å². The average molecular weight is 632 g/mol. The van der Waals surface area contributed by atoms with Gasteiger partial charge in [0.2, 0.25) is 0 Å². The van der Waals surface area contributed by atoms with Crippen molar-refractivity contribution in [3.8, 4) is 0 Å². The van der Waals surface area contributed by atoms with Crippen molar-refractivity contribution in [2.75, 3.05) is 13.2 Å². The Morgan fingerprint density at radius 3 is 2.40 bits per heavy atom. The highest BCUT2D eigenvalue weighted by Gasteiger charge is 2.46. The van der Waals surface area contributed by atoms with Crippen LogP contribution in [0.3, 0.4) is 0 Å². The number of alkyl halides is 3. The van der Waals surface area contributed by atoms with E-state index in [2.05, 4.69) is 10.1 Å². The molecule has 0 aliphatic carbocycles. The number of rotatable bonds is 10. The van der Waals surface area contributed by atoms with Crippen molar-refractivity contribution in [2.45, 2.75) is 46.3 Å². The van der Waals surface area contributed by atoms with Crippen LogP contribution in [-0.4, -0.2) is 63.8 Å². The number of aliphatic hydroxyl groups is 1. The second kappa shape index (κ2) is 13.0. The van der Waals surface area contributed by atoms with Crippen molar-refractivity contribution in [1.82, 2.24) is 14.8 Å². The molecule has 1 aliphatic heterocycles. The highest BCUT2D eigenvalue weighted by molar-refractivity contribution is 8.00. The largest absolute Gasteiger partial charge is 0.501 e. The normalized spacial score (nSPS) is 20.6. The number of hydrogen-bond acceptors (Lipinski definition) is 8. The molecule has 0 amide bonds. The topological polar surface area (TPSA) is 104 Å². The molecule has 42 heavy (non-hydrogen) atoms. The number of nitrogens with zero attached hydrogens (tertiary/aromatic N) is 3. The molecule has 2 aromatic carbocycles. The molecule has 1 fully saturated rings. The maximum absolute atomic E-state index is 14.7. The third kappa shape index (κ3) is 7.45. The Morgan fingerprint density at radius 2 is 1.81 bits per heavy atom. The van der Waals surface area contributed by atoms with Gasteiger partial charge in [-0.15, -0.1) is 11.8 Å². The second-order valence-corrected chi connectivity index (χ2v) is 12.9. The molecule has 0 spiro atoms. The van der Waals surface area contributed by atoms with Gasteiger partial charge >= 0.3 is 5.51 Å². The number of sulfone groups is 1. The molecule has 1 N–H and O–H groups in total. The molecular formula is C27H26F5N3O5S2. The Kier molecular flexibility index (Phi) is 9.88. The number of allylic oxidation sites excluding steroid dienone is 2. The lowest BCUT2D eigenvalue weighted by molar-refractivity contribution is -0.146. The van der Waals surface area contributed by atoms with Crippen LogP contribution in [0.15, 0.2) is 78.2 Å². The van der Waals surface area contributed by atoms with E-state index in [-0.39, 0.29) is 30.6 Å². The first-order valence-corrected chi connectivity index (χ1v) is 14.9. The predicted molar refractivity (Wildman–Crippen MR) is 145 cm³/mol. The molecule has 0 bridgehead atoms. The maximum Gasteiger partial charge on any atom is 0.501 e. The second-order valence-electron chi connectivity index (χ2n) is 9.34. The van der Waals surface area contributed by atoms with Crippen LogP contribution >= 0.6 is 11.8 Å². The number of halogens is 5. The summed E-state index contributed by atoms with van der Waals surface area (Å²) in [6, 6.07) is 7.27. The first-order valence-electron chi connectivity index (χ1n) is 12.4. The van der Waals surface area contributed by atoms with Gasteiger partial charge in [0.15, 0.2) is 6.29 Å². The Morgan fingerprint density at radius 1 is 1.12 bits per heavy atom. The summed E-state index contributed by atoms with van der Waals surface area (Å²) in [7, 11) is -5.41. The molecule has 15 heteroatoms. The average Bonchev–Trinajstić information content (AvgIpc) is 3.44. The summed E-state index contributed by atoms with van der Waals surface area (Å²) in [5.41, 5.74) is -6.75. The van der Waals surface area contributed by atoms with Crippen molar-refractivity contribution in [3.05, 3.63) is 96.1 Å². The summed E-state index contributed by atoms with van der Waals surface area (Å²) in [4.78, 5) is 3.02. The molecule has 3 aromatic rings. The highest BCUT2D eigenvalue weighted by atomic mass is 32.2. The highest BCUT2D eigenvalue weighted by Crippen LogP contribution is 2.38. The zero-order valence-electron chi connectivity index (χ0n) is 22.0. The molecule has 1 saturated heterocycles. The summed E-state index contributed by atoms with van der Waals surface area (Å²) in [5.74, 6) is -1.65. The van der Waals surface area contributed by atoms with Crippen LogP contribution in [0.2, 0.25) is 0 Å². The van der Waals surface area contributed by atoms with Gasteiger partial charge in [-0.25, -0.2) is 26.9 Å². The Bertz CT molecular complexity index is 1510. The molecule has 2 heterocycles. The molecule has 2 atom stereocenters. The van der Waals surface area contributed by atoms with E-state index < -0.39 is 49.0 Å². The van der Waals surface area contributed by atoms with Gasteiger partial charge in [0, 0.05) is 16.9 Å². The molecule has 0 saturated carbocycles. The summed E-state index contributed by atoms with van der Waals surface area (Å²) in [5, 5.41) is 14.8. The maximum atomic E-state index is 14.7. The van der Waals surface area contributed by atoms with Gasteiger partial charge in [0.05, 0.1) is 29.9 Å². The van der Waals surface area contributed by atoms with Crippen LogP contribution in [0.4, 0.5) is 22.0 Å². The number of benzene rings is 2. The quantitative estimate of drug-likeness (QED) is 0.250. The minimum Gasteiger partial charge on any atom is -0.382 e. The van der Waals surface area contributed by atoms with Crippen LogP contribution < -0.4 is 0 Å². The van der Waals surface area contributed by atoms with E-state index in [4.69, 9.17) is 9.47 Å². The lowest BCUT2D eigenvalue weighted by atomic mass is 9.90. The van der Waals surface area contributed by atoms with Crippen molar-refractivity contribution in [1.29, 1.82) is 0 Å². The molecule has 226 valence electrons. The van der Waals surface area contributed by atoms with Gasteiger partial charge in [-0.05, 0) is 29.8 Å². The SMILES string of the molecule is C[C@@H](SC1COC(/C=C/C=C/c2ccc(S(=O)(=O)C(F)(F)F)cc2)OC1)[C@](O)(Cn1cncn1)c1ccc(F)cc1F. The molecule has 8 nitrogen and oxygen atoms in total. The minimum atomic E-state index is -5.41. The third-order valence-electron chi connectivity index (χ3n) is 6.39. The summed E-state index contributed by atoms with van der Waals surface area (Å²) in [6.45, 7) is 2.07. The van der Waals surface area contributed by atoms with Crippen molar-refractivity contribution in [3.63, 3.8) is 0 Å². The number of aromatic nitrogens is 3. The van der Waals surface area contributed by atoms with Crippen molar-refractivity contribution in [2.24, 2.45) is 0 Å². The van der Waals surface area contributed by atoms with E-state index in [9.17, 15) is 35.5 Å². The fraction of sp³-hybridized carbons (Fsp3) is 0.333. The first-order chi connectivity index (χ1) is 19.8. The van der Waals surface area contributed by atoms with Crippen LogP contribution in [0.5, 0.6) is 0 Å². The van der Waals surface area contributed by atoms with Crippen LogP contribution in [0.25, 0.3) is 6.08 Å². The van der Waals surface area contributed by atoms with Crippen LogP contribution in [-0.2, 0) is 31.5 Å². The number of ether oxygens (including phenoxy) is 2. The zero-order chi connectivity index (χ0) is 30.5. The van der Waals surface area contributed by atoms with Gasteiger partial charge in [-0.3, -0.25) is 0 Å². The van der Waals surface area contributed by atoms with Gasteiger partial charge in [-0.2, -0.15) is 18.3 Å². The zero-order valence-corrected chi connectivity index (χ0v) is 23.6. The third-order valence-corrected chi connectivity index (χ3v) is 9.35. The van der Waals surface area contributed by atoms with E-state index in [1.54, 1.807) is 31.2 Å². The number of hydrogen-bond donors (Lipinski definition) is 1. The Hall–Kier alpha value is -3.11. The summed E-state index contributed by atoms with van der Waals surface area (Å²) in [6.07, 6.45) is 8.34. The van der Waals surface area contributed by atoms with Crippen LogP contribution in [0, 0.1) is 11.6 Å². The Balaban J connectivity index is 1.33. The fourth-order valence-electron chi connectivity index (χ4n) is 4.14. The molecule has 0 unspecified atom stereocenters. The van der Waals surface area contributed by atoms with Gasteiger partial charge in [0.25, 0.3) is 9.84 Å². The minimum absolute atomic E-state index is 0.0822. The van der Waals surface area contributed by atoms with Crippen LogP contribution in [0.1, 0.15) is 18.1 Å². The van der Waals surface area contributed by atoms with E-state index in [0.29, 0.717) is 11.6 Å². The van der Waals surface area contributed by atoms with Crippen molar-refractivity contribution >= 4 is 27.7 Å². The van der Waals surface area contributed by atoms with E-state index in [1.165, 1.54) is 47.3 Å². The standard InChI is InChI=1S/C27H26F5N3O5S2/c1-18(26(36,15-35-17-33-16-34-35)23-11-8-20(28)12-24(23)29)41-21-13-39-25(40-14-21)5-3-2-4-19-6-9-22(10-7-19)42(37,38)27(30,31)32/h2-12,16-18,21,25,36H,13-15H2,1H3/b4-2+,5-3+/t18-,21?,25?,26-/m1/s1. The summed E-state index contributed by atoms with van der Waals surface area (Å²) < 4.78 is 102. The first kappa shape index (κ1) is 31.8. The lowest BCUT2D eigenvalue weighted by Crippen LogP contribution is -2.43. The van der Waals surface area contributed by atoms with Gasteiger partial charge in [0.1, 0.15) is 29.9 Å². The monoisotopic (exact) mass is 631 g/mol. The predicted octanol–water partition coefficient (Wildman–Crippen LogP) is 4.87. The number of thioether (sulfide) groups is 1. The smallest absolute Gasteiger partial charge is 0.382 e. The van der Waals surface area contributed by atoms with Crippen molar-refractivity contribution < 1.29 is 45.0 Å². The van der Waals surface area contributed by atoms with E-state index >= 15 is 0 Å². The molecular weight excluding hydrogens is 605 g/mol. The molecule has 0 radical (unpaired) electrons. The summed E-state index contributed by atoms with van der Waals surface area (Å²) >= 11 is 1.32. The molecule has 1 aromatic heterocycles. The Labute approximate surface area is 242 Å². The molecule has 1 aliphatic rings. The van der Waals surface area contributed by atoms with E-state index in [1.807, 2.05) is 0 Å². The fourth-order valence-corrected chi connectivity index (χ4v) is 6.22. The van der Waals surface area contributed by atoms with E-state index in [0.717, 1.165) is 18.2 Å².